The first-order chi connectivity index (χ1) is 12.2. The van der Waals surface area contributed by atoms with Crippen molar-refractivity contribution in [3.63, 3.8) is 0 Å². The molecule has 0 bridgehead atoms. The molecule has 2 rings (SSSR count). The zero-order valence-corrected chi connectivity index (χ0v) is 17.2. The van der Waals surface area contributed by atoms with E-state index in [9.17, 15) is 4.79 Å². The SMILES string of the molecule is CN=C(NCC(C)(C)N(C)C)N1CCN(Cc2ccc(Cl)cc2)C(=O)C1. The number of nitrogens with zero attached hydrogens (tertiary/aromatic N) is 4. The van der Waals surface area contributed by atoms with Crippen molar-refractivity contribution >= 4 is 23.5 Å². The molecule has 7 heteroatoms. The van der Waals surface area contributed by atoms with Gasteiger partial charge >= 0.3 is 0 Å². The molecule has 1 aromatic carbocycles. The van der Waals surface area contributed by atoms with Crippen LogP contribution in [0.5, 0.6) is 0 Å². The average molecular weight is 380 g/mol. The van der Waals surface area contributed by atoms with E-state index in [2.05, 4.69) is 43.2 Å². The first-order valence-corrected chi connectivity index (χ1v) is 9.26. The molecule has 26 heavy (non-hydrogen) atoms. The molecule has 0 spiro atoms. The second-order valence-electron chi connectivity index (χ2n) is 7.47. The highest BCUT2D eigenvalue weighted by atomic mass is 35.5. The summed E-state index contributed by atoms with van der Waals surface area (Å²) in [5, 5.41) is 4.11. The fraction of sp³-hybridized carbons (Fsp3) is 0.579. The molecule has 6 nitrogen and oxygen atoms in total. The minimum Gasteiger partial charge on any atom is -0.354 e. The molecule has 0 saturated carbocycles. The first-order valence-electron chi connectivity index (χ1n) is 8.88. The number of hydrogen-bond donors (Lipinski definition) is 1. The number of rotatable bonds is 5. The van der Waals surface area contributed by atoms with Crippen LogP contribution in [0.25, 0.3) is 0 Å². The molecule has 1 aliphatic rings. The number of piperazine rings is 1. The van der Waals surface area contributed by atoms with E-state index < -0.39 is 0 Å². The third kappa shape index (κ3) is 5.35. The standard InChI is InChI=1S/C19H30ClN5O/c1-19(2,23(4)5)14-22-18(21-3)25-11-10-24(17(26)13-25)12-15-6-8-16(20)9-7-15/h6-9H,10-14H2,1-5H3,(H,21,22). The summed E-state index contributed by atoms with van der Waals surface area (Å²) in [5.41, 5.74) is 1.09. The van der Waals surface area contributed by atoms with E-state index in [-0.39, 0.29) is 11.4 Å². The number of benzene rings is 1. The Morgan fingerprint density at radius 3 is 2.46 bits per heavy atom. The molecule has 1 heterocycles. The van der Waals surface area contributed by atoms with Gasteiger partial charge in [0.15, 0.2) is 5.96 Å². The van der Waals surface area contributed by atoms with Gasteiger partial charge < -0.3 is 20.0 Å². The van der Waals surface area contributed by atoms with Crippen LogP contribution in [0.4, 0.5) is 0 Å². The molecule has 0 aliphatic carbocycles. The van der Waals surface area contributed by atoms with Crippen molar-refractivity contribution in [2.24, 2.45) is 4.99 Å². The maximum atomic E-state index is 12.6. The highest BCUT2D eigenvalue weighted by molar-refractivity contribution is 6.30. The summed E-state index contributed by atoms with van der Waals surface area (Å²) in [6, 6.07) is 7.64. The van der Waals surface area contributed by atoms with E-state index >= 15 is 0 Å². The highest BCUT2D eigenvalue weighted by Crippen LogP contribution is 2.14. The zero-order chi connectivity index (χ0) is 19.3. The lowest BCUT2D eigenvalue weighted by molar-refractivity contribution is -0.135. The summed E-state index contributed by atoms with van der Waals surface area (Å²) in [6.45, 7) is 7.50. The molecule has 0 unspecified atom stereocenters. The van der Waals surface area contributed by atoms with E-state index in [0.717, 1.165) is 24.6 Å². The first kappa shape index (κ1) is 20.5. The molecule has 0 aromatic heterocycles. The fourth-order valence-corrected chi connectivity index (χ4v) is 2.78. The number of guanidine groups is 1. The summed E-state index contributed by atoms with van der Waals surface area (Å²) in [5.74, 6) is 0.889. The number of halogens is 1. The Morgan fingerprint density at radius 1 is 1.27 bits per heavy atom. The number of aliphatic imine (C=N–C) groups is 1. The highest BCUT2D eigenvalue weighted by Gasteiger charge is 2.27. The van der Waals surface area contributed by atoms with Gasteiger partial charge in [-0.05, 0) is 45.6 Å². The van der Waals surface area contributed by atoms with Crippen LogP contribution in [-0.4, -0.2) is 79.4 Å². The molecule has 1 N–H and O–H groups in total. The maximum absolute atomic E-state index is 12.6. The van der Waals surface area contributed by atoms with Crippen LogP contribution >= 0.6 is 11.6 Å². The minimum absolute atomic E-state index is 0.00362. The van der Waals surface area contributed by atoms with E-state index in [1.54, 1.807) is 7.05 Å². The molecule has 1 aliphatic heterocycles. The van der Waals surface area contributed by atoms with Crippen molar-refractivity contribution in [3.8, 4) is 0 Å². The fourth-order valence-electron chi connectivity index (χ4n) is 2.65. The second kappa shape index (κ2) is 8.73. The molecule has 1 aromatic rings. The van der Waals surface area contributed by atoms with Crippen molar-refractivity contribution < 1.29 is 4.79 Å². The summed E-state index contributed by atoms with van der Waals surface area (Å²) < 4.78 is 0. The van der Waals surface area contributed by atoms with Gasteiger partial charge in [-0.2, -0.15) is 0 Å². The number of amides is 1. The molecule has 1 saturated heterocycles. The number of carbonyl (C=O) groups is 1. The van der Waals surface area contributed by atoms with Crippen LogP contribution in [0, 0.1) is 0 Å². The Hall–Kier alpha value is -1.79. The summed E-state index contributed by atoms with van der Waals surface area (Å²) >= 11 is 5.92. The summed E-state index contributed by atoms with van der Waals surface area (Å²) in [4.78, 5) is 23.0. The Morgan fingerprint density at radius 2 is 1.92 bits per heavy atom. The molecule has 144 valence electrons. The molecular formula is C19H30ClN5O. The van der Waals surface area contributed by atoms with Crippen LogP contribution < -0.4 is 5.32 Å². The van der Waals surface area contributed by atoms with E-state index in [1.807, 2.05) is 34.1 Å². The van der Waals surface area contributed by atoms with Gasteiger partial charge in [0.2, 0.25) is 5.91 Å². The lowest BCUT2D eigenvalue weighted by Crippen LogP contribution is -2.57. The van der Waals surface area contributed by atoms with Gasteiger partial charge in [0.25, 0.3) is 0 Å². The van der Waals surface area contributed by atoms with Gasteiger partial charge in [-0.1, -0.05) is 23.7 Å². The van der Waals surface area contributed by atoms with E-state index in [1.165, 1.54) is 0 Å². The quantitative estimate of drug-likeness (QED) is 0.627. The lowest BCUT2D eigenvalue weighted by Gasteiger charge is -2.38. The molecular weight excluding hydrogens is 350 g/mol. The lowest BCUT2D eigenvalue weighted by atomic mass is 10.0. The molecule has 0 radical (unpaired) electrons. The Kier molecular flexibility index (Phi) is 6.89. The number of carbonyl (C=O) groups excluding carboxylic acids is 1. The van der Waals surface area contributed by atoms with Gasteiger partial charge in [-0.3, -0.25) is 9.79 Å². The van der Waals surface area contributed by atoms with Gasteiger partial charge in [0, 0.05) is 43.8 Å². The number of likely N-dealkylation sites (N-methyl/N-ethyl adjacent to an activating group) is 1. The predicted molar refractivity (Wildman–Crippen MR) is 108 cm³/mol. The second-order valence-corrected chi connectivity index (χ2v) is 7.91. The van der Waals surface area contributed by atoms with Gasteiger partial charge in [0.05, 0.1) is 6.54 Å². The topological polar surface area (TPSA) is 51.2 Å². The van der Waals surface area contributed by atoms with Gasteiger partial charge in [-0.15, -0.1) is 0 Å². The van der Waals surface area contributed by atoms with Crippen LogP contribution in [-0.2, 0) is 11.3 Å². The Balaban J connectivity index is 1.91. The van der Waals surface area contributed by atoms with Crippen molar-refractivity contribution in [2.45, 2.75) is 25.9 Å². The normalized spacial score (nSPS) is 16.4. The third-order valence-corrected chi connectivity index (χ3v) is 5.26. The van der Waals surface area contributed by atoms with Crippen molar-refractivity contribution in [2.75, 3.05) is 47.3 Å². The summed E-state index contributed by atoms with van der Waals surface area (Å²) in [7, 11) is 5.88. The molecule has 1 fully saturated rings. The van der Waals surface area contributed by atoms with Crippen LogP contribution in [0.1, 0.15) is 19.4 Å². The molecule has 0 atom stereocenters. The molecule has 1 amide bonds. The van der Waals surface area contributed by atoms with Crippen LogP contribution in [0.3, 0.4) is 0 Å². The number of nitrogens with one attached hydrogen (secondary N) is 1. The summed E-state index contributed by atoms with van der Waals surface area (Å²) in [6.07, 6.45) is 0. The third-order valence-electron chi connectivity index (χ3n) is 5.01. The minimum atomic E-state index is -0.00362. The Labute approximate surface area is 161 Å². The smallest absolute Gasteiger partial charge is 0.242 e. The monoisotopic (exact) mass is 379 g/mol. The largest absolute Gasteiger partial charge is 0.354 e. The van der Waals surface area contributed by atoms with Crippen molar-refractivity contribution in [1.82, 2.24) is 20.0 Å². The number of hydrogen-bond acceptors (Lipinski definition) is 3. The van der Waals surface area contributed by atoms with Crippen molar-refractivity contribution in [1.29, 1.82) is 0 Å². The van der Waals surface area contributed by atoms with E-state index in [0.29, 0.717) is 24.7 Å². The van der Waals surface area contributed by atoms with Crippen LogP contribution in [0.2, 0.25) is 5.02 Å². The van der Waals surface area contributed by atoms with E-state index in [4.69, 9.17) is 11.6 Å². The predicted octanol–water partition coefficient (Wildman–Crippen LogP) is 1.90. The zero-order valence-electron chi connectivity index (χ0n) is 16.4. The van der Waals surface area contributed by atoms with Gasteiger partial charge in [0.1, 0.15) is 0 Å². The van der Waals surface area contributed by atoms with Gasteiger partial charge in [-0.25, -0.2) is 0 Å². The van der Waals surface area contributed by atoms with Crippen LogP contribution in [0.15, 0.2) is 29.3 Å². The average Bonchev–Trinajstić information content (AvgIpc) is 2.59. The van der Waals surface area contributed by atoms with Crippen molar-refractivity contribution in [3.05, 3.63) is 34.9 Å². The Bertz CT molecular complexity index is 642. The maximum Gasteiger partial charge on any atom is 0.242 e.